The molecule has 0 unspecified atom stereocenters. The summed E-state index contributed by atoms with van der Waals surface area (Å²) < 4.78 is 2.11. The zero-order valence-electron chi connectivity index (χ0n) is 13.9. The third kappa shape index (κ3) is 3.05. The van der Waals surface area contributed by atoms with Crippen LogP contribution in [0.5, 0.6) is 0 Å². The minimum atomic E-state index is -0.475. The van der Waals surface area contributed by atoms with Crippen LogP contribution in [0.4, 0.5) is 0 Å². The third-order valence-corrected chi connectivity index (χ3v) is 4.23. The van der Waals surface area contributed by atoms with Crippen LogP contribution in [0.15, 0.2) is 42.5 Å². The predicted molar refractivity (Wildman–Crippen MR) is 96.6 cm³/mol. The SMILES string of the molecule is CCc1nc2ccc(C(N)=O)cc2n1Cc1ccc(B(C)O)cc1. The summed E-state index contributed by atoms with van der Waals surface area (Å²) in [5.41, 5.74) is 9.64. The fourth-order valence-electron chi connectivity index (χ4n) is 2.86. The molecule has 6 heteroatoms. The zero-order valence-corrected chi connectivity index (χ0v) is 13.9. The number of carbonyl (C=O) groups excluding carboxylic acids is 1. The molecule has 3 aromatic rings. The molecule has 0 aliphatic heterocycles. The number of rotatable bonds is 5. The van der Waals surface area contributed by atoms with Gasteiger partial charge in [-0.3, -0.25) is 4.79 Å². The van der Waals surface area contributed by atoms with Gasteiger partial charge in [0.25, 0.3) is 0 Å². The third-order valence-electron chi connectivity index (χ3n) is 4.23. The van der Waals surface area contributed by atoms with E-state index in [1.807, 2.05) is 30.3 Å². The fraction of sp³-hybridized carbons (Fsp3) is 0.222. The first-order chi connectivity index (χ1) is 11.5. The number of hydrogen-bond acceptors (Lipinski definition) is 3. The van der Waals surface area contributed by atoms with Crippen molar-refractivity contribution in [3.05, 3.63) is 59.4 Å². The van der Waals surface area contributed by atoms with Gasteiger partial charge in [-0.25, -0.2) is 4.98 Å². The van der Waals surface area contributed by atoms with Gasteiger partial charge in [0.05, 0.1) is 11.0 Å². The Labute approximate surface area is 141 Å². The number of aryl methyl sites for hydroxylation is 1. The van der Waals surface area contributed by atoms with Crippen molar-refractivity contribution in [1.29, 1.82) is 0 Å². The molecule has 122 valence electrons. The topological polar surface area (TPSA) is 81.1 Å². The quantitative estimate of drug-likeness (QED) is 0.700. The molecule has 3 rings (SSSR count). The lowest BCUT2D eigenvalue weighted by Crippen LogP contribution is -2.25. The number of carbonyl (C=O) groups is 1. The van der Waals surface area contributed by atoms with E-state index in [2.05, 4.69) is 16.5 Å². The van der Waals surface area contributed by atoms with Crippen LogP contribution in [0.3, 0.4) is 0 Å². The Hall–Kier alpha value is -2.60. The van der Waals surface area contributed by atoms with Gasteiger partial charge in [-0.2, -0.15) is 0 Å². The van der Waals surface area contributed by atoms with Crippen LogP contribution < -0.4 is 11.2 Å². The average Bonchev–Trinajstić information content (AvgIpc) is 2.92. The lowest BCUT2D eigenvalue weighted by Gasteiger charge is -2.10. The second-order valence-electron chi connectivity index (χ2n) is 5.95. The Morgan fingerprint density at radius 2 is 1.96 bits per heavy atom. The number of fused-ring (bicyclic) bond motifs is 1. The molecule has 0 saturated heterocycles. The number of nitrogens with two attached hydrogens (primary N) is 1. The average molecular weight is 321 g/mol. The summed E-state index contributed by atoms with van der Waals surface area (Å²) in [6.07, 6.45) is 0.798. The van der Waals surface area contributed by atoms with Gasteiger partial charge in [0.15, 0.2) is 0 Å². The van der Waals surface area contributed by atoms with Gasteiger partial charge in [0.2, 0.25) is 5.91 Å². The van der Waals surface area contributed by atoms with Crippen LogP contribution in [0.2, 0.25) is 6.82 Å². The highest BCUT2D eigenvalue weighted by Crippen LogP contribution is 2.20. The van der Waals surface area contributed by atoms with E-state index in [4.69, 9.17) is 5.73 Å². The van der Waals surface area contributed by atoms with Crippen LogP contribution in [0, 0.1) is 0 Å². The van der Waals surface area contributed by atoms with Gasteiger partial charge in [-0.1, -0.05) is 38.0 Å². The standard InChI is InChI=1S/C18H20BN3O2/c1-3-17-21-15-9-6-13(18(20)23)10-16(15)22(17)11-12-4-7-14(8-5-12)19(2)24/h4-10,24H,3,11H2,1-2H3,(H2,20,23). The normalized spacial score (nSPS) is 11.0. The highest BCUT2D eigenvalue weighted by Gasteiger charge is 2.13. The van der Waals surface area contributed by atoms with E-state index in [0.29, 0.717) is 12.1 Å². The molecule has 2 aromatic carbocycles. The molecule has 5 nitrogen and oxygen atoms in total. The molecule has 0 spiro atoms. The number of benzene rings is 2. The second kappa shape index (κ2) is 6.49. The van der Waals surface area contributed by atoms with Crippen molar-refractivity contribution < 1.29 is 9.82 Å². The second-order valence-corrected chi connectivity index (χ2v) is 5.95. The highest BCUT2D eigenvalue weighted by atomic mass is 16.2. The molecule has 0 aliphatic rings. The molecule has 0 atom stereocenters. The maximum atomic E-state index is 11.5. The summed E-state index contributed by atoms with van der Waals surface area (Å²) in [5.74, 6) is 0.523. The van der Waals surface area contributed by atoms with E-state index in [1.54, 1.807) is 19.0 Å². The minimum absolute atomic E-state index is 0.441. The number of aromatic nitrogens is 2. The van der Waals surface area contributed by atoms with Crippen molar-refractivity contribution in [1.82, 2.24) is 9.55 Å². The lowest BCUT2D eigenvalue weighted by molar-refractivity contribution is 0.100. The summed E-state index contributed by atoms with van der Waals surface area (Å²) in [7, 11) is 0. The number of nitrogens with zero attached hydrogens (tertiary/aromatic N) is 2. The summed E-state index contributed by atoms with van der Waals surface area (Å²) in [5, 5.41) is 9.62. The van der Waals surface area contributed by atoms with Gasteiger partial charge >= 0.3 is 6.92 Å². The van der Waals surface area contributed by atoms with Crippen molar-refractivity contribution >= 4 is 29.3 Å². The first-order valence-corrected chi connectivity index (χ1v) is 8.05. The van der Waals surface area contributed by atoms with Crippen LogP contribution >= 0.6 is 0 Å². The summed E-state index contributed by atoms with van der Waals surface area (Å²) in [6.45, 7) is 3.99. The van der Waals surface area contributed by atoms with Gasteiger partial charge < -0.3 is 15.3 Å². The Balaban J connectivity index is 2.03. The first kappa shape index (κ1) is 16.3. The molecule has 0 fully saturated rings. The van der Waals surface area contributed by atoms with Crippen LogP contribution in [0.1, 0.15) is 28.7 Å². The molecule has 24 heavy (non-hydrogen) atoms. The van der Waals surface area contributed by atoms with E-state index < -0.39 is 12.8 Å². The molecular weight excluding hydrogens is 301 g/mol. The Morgan fingerprint density at radius 1 is 1.25 bits per heavy atom. The van der Waals surface area contributed by atoms with E-state index in [1.165, 1.54) is 0 Å². The van der Waals surface area contributed by atoms with E-state index in [0.717, 1.165) is 34.3 Å². The molecule has 1 heterocycles. The summed E-state index contributed by atoms with van der Waals surface area (Å²) in [4.78, 5) is 16.1. The summed E-state index contributed by atoms with van der Waals surface area (Å²) in [6, 6.07) is 13.2. The van der Waals surface area contributed by atoms with Crippen molar-refractivity contribution in [2.45, 2.75) is 26.7 Å². The number of imidazole rings is 1. The van der Waals surface area contributed by atoms with Crippen LogP contribution in [-0.2, 0) is 13.0 Å². The molecule has 0 saturated carbocycles. The van der Waals surface area contributed by atoms with Crippen molar-refractivity contribution in [3.8, 4) is 0 Å². The smallest absolute Gasteiger partial charge is 0.320 e. The highest BCUT2D eigenvalue weighted by molar-refractivity contribution is 6.64. The maximum absolute atomic E-state index is 11.5. The Bertz CT molecular complexity index is 885. The summed E-state index contributed by atoms with van der Waals surface area (Å²) >= 11 is 0. The van der Waals surface area contributed by atoms with Crippen LogP contribution in [-0.4, -0.2) is 27.4 Å². The number of hydrogen-bond donors (Lipinski definition) is 2. The maximum Gasteiger partial charge on any atom is 0.320 e. The Morgan fingerprint density at radius 3 is 2.54 bits per heavy atom. The zero-order chi connectivity index (χ0) is 17.3. The fourth-order valence-corrected chi connectivity index (χ4v) is 2.86. The van der Waals surface area contributed by atoms with Crippen molar-refractivity contribution in [3.63, 3.8) is 0 Å². The van der Waals surface area contributed by atoms with Crippen LogP contribution in [0.25, 0.3) is 11.0 Å². The number of amides is 1. The molecule has 0 aliphatic carbocycles. The minimum Gasteiger partial charge on any atom is -0.447 e. The molecule has 1 amide bonds. The van der Waals surface area contributed by atoms with Crippen molar-refractivity contribution in [2.75, 3.05) is 0 Å². The van der Waals surface area contributed by atoms with Crippen molar-refractivity contribution in [2.24, 2.45) is 5.73 Å². The molecule has 0 radical (unpaired) electrons. The van der Waals surface area contributed by atoms with Gasteiger partial charge in [0, 0.05) is 18.5 Å². The largest absolute Gasteiger partial charge is 0.447 e. The monoisotopic (exact) mass is 321 g/mol. The van der Waals surface area contributed by atoms with Gasteiger partial charge in [-0.05, 0) is 29.2 Å². The van der Waals surface area contributed by atoms with E-state index >= 15 is 0 Å². The number of primary amides is 1. The van der Waals surface area contributed by atoms with Gasteiger partial charge in [0.1, 0.15) is 5.82 Å². The van der Waals surface area contributed by atoms with E-state index in [9.17, 15) is 9.82 Å². The molecular formula is C18H20BN3O2. The Kier molecular flexibility index (Phi) is 4.40. The predicted octanol–water partition coefficient (Wildman–Crippen LogP) is 1.57. The first-order valence-electron chi connectivity index (χ1n) is 8.05. The molecule has 0 bridgehead atoms. The van der Waals surface area contributed by atoms with E-state index in [-0.39, 0.29) is 0 Å². The van der Waals surface area contributed by atoms with Gasteiger partial charge in [-0.15, -0.1) is 0 Å². The lowest BCUT2D eigenvalue weighted by atomic mass is 9.64. The molecule has 1 aromatic heterocycles. The molecule has 3 N–H and O–H groups in total.